The van der Waals surface area contributed by atoms with E-state index in [1.54, 1.807) is 12.1 Å². The second kappa shape index (κ2) is 6.82. The molecule has 4 rings (SSSR count). The molecule has 2 aromatic rings. The van der Waals surface area contributed by atoms with E-state index in [-0.39, 0.29) is 11.7 Å². The number of likely N-dealkylation sites (tertiary alicyclic amines) is 1. The van der Waals surface area contributed by atoms with Crippen molar-refractivity contribution in [3.05, 3.63) is 70.5 Å². The van der Waals surface area contributed by atoms with Crippen molar-refractivity contribution in [3.8, 4) is 0 Å². The molecule has 1 N–H and O–H groups in total. The third-order valence-electron chi connectivity index (χ3n) is 4.99. The lowest BCUT2D eigenvalue weighted by molar-refractivity contribution is -0.115. The lowest BCUT2D eigenvalue weighted by Crippen LogP contribution is -2.50. The monoisotopic (exact) mass is 371 g/mol. The number of benzene rings is 2. The van der Waals surface area contributed by atoms with Crippen molar-refractivity contribution >= 4 is 23.2 Å². The smallest absolute Gasteiger partial charge is 0.272 e. The van der Waals surface area contributed by atoms with Crippen molar-refractivity contribution in [1.29, 1.82) is 0 Å². The molecular formula is C20H19ClFN3O. The summed E-state index contributed by atoms with van der Waals surface area (Å²) in [7, 11) is 0. The number of carbonyl (C=O) groups excluding carboxylic acids is 1. The van der Waals surface area contributed by atoms with Gasteiger partial charge in [-0.3, -0.25) is 14.7 Å². The minimum absolute atomic E-state index is 0.140. The molecule has 0 bridgehead atoms. The largest absolute Gasteiger partial charge is 0.326 e. The quantitative estimate of drug-likeness (QED) is 0.898. The maximum absolute atomic E-state index is 13.0. The van der Waals surface area contributed by atoms with Gasteiger partial charge in [0.05, 0.1) is 0 Å². The van der Waals surface area contributed by atoms with Crippen LogP contribution in [0, 0.1) is 5.82 Å². The molecule has 1 saturated heterocycles. The topological polar surface area (TPSA) is 44.7 Å². The summed E-state index contributed by atoms with van der Waals surface area (Å²) in [6, 6.07) is 13.8. The van der Waals surface area contributed by atoms with Gasteiger partial charge in [0, 0.05) is 43.1 Å². The zero-order valence-electron chi connectivity index (χ0n) is 14.2. The summed E-state index contributed by atoms with van der Waals surface area (Å²) in [5, 5.41) is 3.66. The Balaban J connectivity index is 1.45. The van der Waals surface area contributed by atoms with Gasteiger partial charge in [0.1, 0.15) is 17.2 Å². The maximum Gasteiger partial charge on any atom is 0.272 e. The minimum Gasteiger partial charge on any atom is -0.326 e. The summed E-state index contributed by atoms with van der Waals surface area (Å²) in [6.45, 7) is 2.42. The number of aliphatic imine (C=N–C) groups is 1. The number of carbonyl (C=O) groups is 1. The Morgan fingerprint density at radius 2 is 1.88 bits per heavy atom. The van der Waals surface area contributed by atoms with Crippen LogP contribution in [0.15, 0.2) is 53.5 Å². The lowest BCUT2D eigenvalue weighted by Gasteiger charge is -2.37. The standard InChI is InChI=1S/C20H19ClFN3O/c21-16-3-1-2-15(12-16)18-19(26)24-20(23-18)8-10-25(11-9-20)13-14-4-6-17(22)7-5-14/h1-7,12H,8-11,13H2,(H,24,26). The second-order valence-corrected chi connectivity index (χ2v) is 7.30. The van der Waals surface area contributed by atoms with Crippen molar-refractivity contribution in [2.24, 2.45) is 4.99 Å². The van der Waals surface area contributed by atoms with Crippen LogP contribution < -0.4 is 5.32 Å². The molecule has 0 aliphatic carbocycles. The fraction of sp³-hybridized carbons (Fsp3) is 0.300. The second-order valence-electron chi connectivity index (χ2n) is 6.86. The van der Waals surface area contributed by atoms with Gasteiger partial charge in [0.2, 0.25) is 0 Å². The first-order valence-electron chi connectivity index (χ1n) is 8.68. The van der Waals surface area contributed by atoms with Crippen LogP contribution in [0.3, 0.4) is 0 Å². The summed E-state index contributed by atoms with van der Waals surface area (Å²) >= 11 is 6.04. The van der Waals surface area contributed by atoms with Crippen LogP contribution in [0.25, 0.3) is 0 Å². The van der Waals surface area contributed by atoms with Crippen molar-refractivity contribution in [3.63, 3.8) is 0 Å². The highest BCUT2D eigenvalue weighted by atomic mass is 35.5. The van der Waals surface area contributed by atoms with Gasteiger partial charge in [-0.2, -0.15) is 0 Å². The Kier molecular flexibility index (Phi) is 4.51. The van der Waals surface area contributed by atoms with E-state index in [9.17, 15) is 9.18 Å². The molecule has 0 saturated carbocycles. The Morgan fingerprint density at radius 1 is 1.15 bits per heavy atom. The van der Waals surface area contributed by atoms with E-state index in [2.05, 4.69) is 10.2 Å². The summed E-state index contributed by atoms with van der Waals surface area (Å²) in [5.41, 5.74) is 1.77. The van der Waals surface area contributed by atoms with Crippen molar-refractivity contribution in [1.82, 2.24) is 10.2 Å². The SMILES string of the molecule is O=C1NC2(CCN(Cc3ccc(F)cc3)CC2)N=C1c1cccc(Cl)c1. The van der Waals surface area contributed by atoms with Crippen LogP contribution in [-0.4, -0.2) is 35.3 Å². The van der Waals surface area contributed by atoms with Crippen LogP contribution in [0.5, 0.6) is 0 Å². The molecule has 0 aromatic heterocycles. The number of hydrogen-bond donors (Lipinski definition) is 1. The molecule has 2 aliphatic rings. The van der Waals surface area contributed by atoms with Gasteiger partial charge in [-0.25, -0.2) is 4.39 Å². The molecule has 2 aliphatic heterocycles. The van der Waals surface area contributed by atoms with Crippen LogP contribution in [0.2, 0.25) is 5.02 Å². The molecule has 26 heavy (non-hydrogen) atoms. The number of nitrogens with one attached hydrogen (secondary N) is 1. The van der Waals surface area contributed by atoms with Gasteiger partial charge in [0.25, 0.3) is 5.91 Å². The van der Waals surface area contributed by atoms with Crippen molar-refractivity contribution in [2.75, 3.05) is 13.1 Å². The van der Waals surface area contributed by atoms with Gasteiger partial charge in [-0.15, -0.1) is 0 Å². The average Bonchev–Trinajstić information content (AvgIpc) is 2.95. The fourth-order valence-corrected chi connectivity index (χ4v) is 3.75. The Morgan fingerprint density at radius 3 is 2.58 bits per heavy atom. The molecule has 4 nitrogen and oxygen atoms in total. The van der Waals surface area contributed by atoms with E-state index in [1.807, 2.05) is 24.3 Å². The summed E-state index contributed by atoms with van der Waals surface area (Å²) in [5.74, 6) is -0.359. The number of hydrogen-bond acceptors (Lipinski definition) is 3. The molecule has 0 atom stereocenters. The molecule has 0 radical (unpaired) electrons. The molecule has 6 heteroatoms. The van der Waals surface area contributed by atoms with Gasteiger partial charge in [0.15, 0.2) is 0 Å². The van der Waals surface area contributed by atoms with Gasteiger partial charge in [-0.1, -0.05) is 35.9 Å². The molecule has 2 aromatic carbocycles. The highest BCUT2D eigenvalue weighted by Gasteiger charge is 2.42. The molecule has 2 heterocycles. The molecule has 1 spiro atoms. The zero-order valence-corrected chi connectivity index (χ0v) is 15.0. The van der Waals surface area contributed by atoms with E-state index in [0.29, 0.717) is 10.7 Å². The van der Waals surface area contributed by atoms with Crippen molar-refractivity contribution < 1.29 is 9.18 Å². The number of amides is 1. The van der Waals surface area contributed by atoms with Gasteiger partial charge < -0.3 is 5.32 Å². The zero-order chi connectivity index (χ0) is 18.1. The first-order chi connectivity index (χ1) is 12.5. The normalized spacial score (nSPS) is 19.5. The van der Waals surface area contributed by atoms with E-state index < -0.39 is 5.66 Å². The molecular weight excluding hydrogens is 353 g/mol. The number of piperidine rings is 1. The van der Waals surface area contributed by atoms with Gasteiger partial charge in [-0.05, 0) is 29.8 Å². The third kappa shape index (κ3) is 3.50. The third-order valence-corrected chi connectivity index (χ3v) is 5.22. The van der Waals surface area contributed by atoms with Crippen LogP contribution in [0.1, 0.15) is 24.0 Å². The molecule has 1 fully saturated rings. The van der Waals surface area contributed by atoms with E-state index in [1.165, 1.54) is 12.1 Å². The Hall–Kier alpha value is -2.24. The first kappa shape index (κ1) is 17.2. The molecule has 134 valence electrons. The maximum atomic E-state index is 13.0. The Bertz CT molecular complexity index is 858. The molecule has 1 amide bonds. The highest BCUT2D eigenvalue weighted by Crippen LogP contribution is 2.29. The average molecular weight is 372 g/mol. The van der Waals surface area contributed by atoms with E-state index >= 15 is 0 Å². The van der Waals surface area contributed by atoms with Crippen LogP contribution in [0.4, 0.5) is 4.39 Å². The summed E-state index contributed by atoms with van der Waals surface area (Å²) in [6.07, 6.45) is 1.51. The van der Waals surface area contributed by atoms with E-state index in [4.69, 9.17) is 16.6 Å². The van der Waals surface area contributed by atoms with Gasteiger partial charge >= 0.3 is 0 Å². The van der Waals surface area contributed by atoms with Crippen LogP contribution >= 0.6 is 11.6 Å². The summed E-state index contributed by atoms with van der Waals surface area (Å²) in [4.78, 5) is 19.5. The highest BCUT2D eigenvalue weighted by molar-refractivity contribution is 6.47. The molecule has 0 unspecified atom stereocenters. The predicted octanol–water partition coefficient (Wildman–Crippen LogP) is 3.39. The van der Waals surface area contributed by atoms with Crippen LogP contribution in [-0.2, 0) is 11.3 Å². The number of halogens is 2. The van der Waals surface area contributed by atoms with E-state index in [0.717, 1.165) is 43.6 Å². The summed E-state index contributed by atoms with van der Waals surface area (Å²) < 4.78 is 13.0. The van der Waals surface area contributed by atoms with Crippen molar-refractivity contribution in [2.45, 2.75) is 25.0 Å². The Labute approximate surface area is 156 Å². The fourth-order valence-electron chi connectivity index (χ4n) is 3.56. The predicted molar refractivity (Wildman–Crippen MR) is 99.8 cm³/mol. The first-order valence-corrected chi connectivity index (χ1v) is 9.06. The lowest BCUT2D eigenvalue weighted by atomic mass is 9.97. The minimum atomic E-state index is -0.520. The number of nitrogens with zero attached hydrogens (tertiary/aromatic N) is 2. The number of rotatable bonds is 3.